The van der Waals surface area contributed by atoms with Gasteiger partial charge in [0, 0.05) is 19.6 Å². The molecular weight excluding hydrogens is 280 g/mol. The summed E-state index contributed by atoms with van der Waals surface area (Å²) in [6, 6.07) is 8.40. The van der Waals surface area contributed by atoms with Gasteiger partial charge in [0.15, 0.2) is 0 Å². The Balaban J connectivity index is 2.78. The standard InChI is InChI=1S/C18H18S2/c1-5-9-15(7-3)19-17-11-13-18(14-12-17)20-16(8-4)10-6-2/h5-14H,1-4H2/b15-9+,16-10+. The van der Waals surface area contributed by atoms with Gasteiger partial charge >= 0.3 is 0 Å². The summed E-state index contributed by atoms with van der Waals surface area (Å²) < 4.78 is 0. The number of allylic oxidation sites excluding steroid dienone is 6. The molecule has 0 radical (unpaired) electrons. The zero-order chi connectivity index (χ0) is 14.8. The molecule has 2 heteroatoms. The first-order valence-electron chi connectivity index (χ1n) is 6.09. The van der Waals surface area contributed by atoms with Crippen molar-refractivity contribution in [3.63, 3.8) is 0 Å². The summed E-state index contributed by atoms with van der Waals surface area (Å²) in [6.07, 6.45) is 11.1. The minimum Gasteiger partial charge on any atom is -0.0990 e. The van der Waals surface area contributed by atoms with Crippen LogP contribution in [0.1, 0.15) is 0 Å². The first-order chi connectivity index (χ1) is 9.73. The highest BCUT2D eigenvalue weighted by atomic mass is 32.2. The van der Waals surface area contributed by atoms with Gasteiger partial charge in [0.2, 0.25) is 0 Å². The molecule has 0 spiro atoms. The van der Waals surface area contributed by atoms with Crippen LogP contribution in [0, 0.1) is 0 Å². The molecule has 0 unspecified atom stereocenters. The fraction of sp³-hybridized carbons (Fsp3) is 0. The summed E-state index contributed by atoms with van der Waals surface area (Å²) >= 11 is 3.34. The highest BCUT2D eigenvalue weighted by Crippen LogP contribution is 2.32. The third kappa shape index (κ3) is 5.55. The quantitative estimate of drug-likeness (QED) is 0.403. The van der Waals surface area contributed by atoms with E-state index in [1.54, 1.807) is 35.7 Å². The fourth-order valence-corrected chi connectivity index (χ4v) is 2.95. The molecule has 0 heterocycles. The molecule has 0 aromatic heterocycles. The summed E-state index contributed by atoms with van der Waals surface area (Å²) in [5, 5.41) is 0. The predicted molar refractivity (Wildman–Crippen MR) is 95.1 cm³/mol. The molecule has 1 aromatic carbocycles. The maximum atomic E-state index is 3.80. The Morgan fingerprint density at radius 1 is 0.700 bits per heavy atom. The molecule has 1 rings (SSSR count). The van der Waals surface area contributed by atoms with E-state index in [0.717, 1.165) is 9.81 Å². The second-order valence-electron chi connectivity index (χ2n) is 3.69. The summed E-state index contributed by atoms with van der Waals surface area (Å²) in [5.74, 6) is 0. The maximum absolute atomic E-state index is 3.80. The zero-order valence-corrected chi connectivity index (χ0v) is 13.1. The third-order valence-corrected chi connectivity index (χ3v) is 4.35. The maximum Gasteiger partial charge on any atom is 0.0123 e. The Bertz CT molecular complexity index is 494. The van der Waals surface area contributed by atoms with Crippen LogP contribution in [-0.4, -0.2) is 0 Å². The van der Waals surface area contributed by atoms with Crippen LogP contribution in [0.25, 0.3) is 0 Å². The lowest BCUT2D eigenvalue weighted by Crippen LogP contribution is -1.76. The molecule has 20 heavy (non-hydrogen) atoms. The number of hydrogen-bond donors (Lipinski definition) is 0. The largest absolute Gasteiger partial charge is 0.0990 e. The topological polar surface area (TPSA) is 0 Å². The van der Waals surface area contributed by atoms with Gasteiger partial charge in [0.25, 0.3) is 0 Å². The van der Waals surface area contributed by atoms with Crippen LogP contribution in [0.5, 0.6) is 0 Å². The van der Waals surface area contributed by atoms with E-state index in [0.29, 0.717) is 0 Å². The van der Waals surface area contributed by atoms with Crippen molar-refractivity contribution in [2.45, 2.75) is 9.79 Å². The van der Waals surface area contributed by atoms with Gasteiger partial charge in [-0.15, -0.1) is 0 Å². The average Bonchev–Trinajstić information content (AvgIpc) is 2.48. The Labute approximate surface area is 130 Å². The minimum atomic E-state index is 1.08. The molecule has 0 amide bonds. The number of rotatable bonds is 8. The molecule has 0 saturated carbocycles. The van der Waals surface area contributed by atoms with Crippen LogP contribution in [0.2, 0.25) is 0 Å². The van der Waals surface area contributed by atoms with E-state index in [9.17, 15) is 0 Å². The second kappa shape index (κ2) is 9.29. The molecular formula is C18H18S2. The molecule has 0 aliphatic carbocycles. The van der Waals surface area contributed by atoms with Crippen molar-refractivity contribution in [2.24, 2.45) is 0 Å². The van der Waals surface area contributed by atoms with E-state index in [2.05, 4.69) is 50.6 Å². The third-order valence-electron chi connectivity index (χ3n) is 2.26. The van der Waals surface area contributed by atoms with E-state index in [4.69, 9.17) is 0 Å². The van der Waals surface area contributed by atoms with Crippen molar-refractivity contribution >= 4 is 23.5 Å². The molecule has 0 saturated heterocycles. The van der Waals surface area contributed by atoms with Crippen molar-refractivity contribution in [1.29, 1.82) is 0 Å². The van der Waals surface area contributed by atoms with Gasteiger partial charge in [-0.2, -0.15) is 0 Å². The molecule has 102 valence electrons. The smallest absolute Gasteiger partial charge is 0.0123 e. The Morgan fingerprint density at radius 3 is 1.30 bits per heavy atom. The highest BCUT2D eigenvalue weighted by Gasteiger charge is 2.00. The van der Waals surface area contributed by atoms with Crippen LogP contribution >= 0.6 is 23.5 Å². The van der Waals surface area contributed by atoms with Crippen molar-refractivity contribution in [1.82, 2.24) is 0 Å². The van der Waals surface area contributed by atoms with Crippen LogP contribution in [0.4, 0.5) is 0 Å². The van der Waals surface area contributed by atoms with E-state index < -0.39 is 0 Å². The fourth-order valence-electron chi connectivity index (χ4n) is 1.37. The Hall–Kier alpha value is -1.64. The Morgan fingerprint density at radius 2 is 1.05 bits per heavy atom. The molecule has 0 bridgehead atoms. The molecule has 0 aliphatic heterocycles. The molecule has 0 nitrogen and oxygen atoms in total. The van der Waals surface area contributed by atoms with Crippen LogP contribution in [-0.2, 0) is 0 Å². The Kier molecular flexibility index (Phi) is 7.63. The van der Waals surface area contributed by atoms with Gasteiger partial charge in [-0.05, 0) is 36.4 Å². The van der Waals surface area contributed by atoms with E-state index in [1.807, 2.05) is 24.3 Å². The zero-order valence-electron chi connectivity index (χ0n) is 11.4. The first-order valence-corrected chi connectivity index (χ1v) is 7.73. The van der Waals surface area contributed by atoms with Crippen LogP contribution < -0.4 is 0 Å². The molecule has 1 aromatic rings. The lowest BCUT2D eigenvalue weighted by Gasteiger charge is -2.05. The van der Waals surface area contributed by atoms with Crippen molar-refractivity contribution < 1.29 is 0 Å². The second-order valence-corrected chi connectivity index (χ2v) is 5.99. The summed E-state index contributed by atoms with van der Waals surface area (Å²) in [5.41, 5.74) is 0. The number of thioether (sulfide) groups is 2. The predicted octanol–water partition coefficient (Wildman–Crippen LogP) is 6.38. The summed E-state index contributed by atoms with van der Waals surface area (Å²) in [6.45, 7) is 15.0. The first kappa shape index (κ1) is 16.4. The van der Waals surface area contributed by atoms with E-state index in [1.165, 1.54) is 9.79 Å². The van der Waals surface area contributed by atoms with Crippen molar-refractivity contribution in [3.05, 3.63) is 96.8 Å². The molecule has 0 fully saturated rings. The number of hydrogen-bond acceptors (Lipinski definition) is 2. The van der Waals surface area contributed by atoms with Gasteiger partial charge < -0.3 is 0 Å². The summed E-state index contributed by atoms with van der Waals surface area (Å²) in [7, 11) is 0. The monoisotopic (exact) mass is 298 g/mol. The normalized spacial score (nSPS) is 11.8. The van der Waals surface area contributed by atoms with E-state index >= 15 is 0 Å². The van der Waals surface area contributed by atoms with Gasteiger partial charge in [-0.25, -0.2) is 0 Å². The van der Waals surface area contributed by atoms with Crippen LogP contribution in [0.3, 0.4) is 0 Å². The van der Waals surface area contributed by atoms with Crippen molar-refractivity contribution in [2.75, 3.05) is 0 Å². The van der Waals surface area contributed by atoms with Gasteiger partial charge in [0.1, 0.15) is 0 Å². The van der Waals surface area contributed by atoms with Crippen molar-refractivity contribution in [3.8, 4) is 0 Å². The van der Waals surface area contributed by atoms with Gasteiger partial charge in [-0.1, -0.05) is 74.1 Å². The van der Waals surface area contributed by atoms with E-state index in [-0.39, 0.29) is 0 Å². The number of benzene rings is 1. The minimum absolute atomic E-state index is 1.08. The lowest BCUT2D eigenvalue weighted by molar-refractivity contribution is 1.36. The average molecular weight is 298 g/mol. The highest BCUT2D eigenvalue weighted by molar-refractivity contribution is 8.03. The SMILES string of the molecule is C=C/C=C(\C=C)Sc1ccc(S/C(C=C)=C/C=C)cc1. The molecule has 0 aliphatic rings. The van der Waals surface area contributed by atoms with Gasteiger partial charge in [-0.3, -0.25) is 0 Å². The van der Waals surface area contributed by atoms with Crippen LogP contribution in [0.15, 0.2) is 107 Å². The molecule has 0 N–H and O–H groups in total. The summed E-state index contributed by atoms with van der Waals surface area (Å²) in [4.78, 5) is 4.52. The lowest BCUT2D eigenvalue weighted by atomic mass is 10.4. The van der Waals surface area contributed by atoms with Gasteiger partial charge in [0.05, 0.1) is 0 Å². The molecule has 0 atom stereocenters.